The van der Waals surface area contributed by atoms with Crippen LogP contribution in [0.3, 0.4) is 0 Å². The summed E-state index contributed by atoms with van der Waals surface area (Å²) < 4.78 is 0. The predicted molar refractivity (Wildman–Crippen MR) is 131 cm³/mol. The van der Waals surface area contributed by atoms with Crippen LogP contribution in [0.5, 0.6) is 0 Å². The molecule has 14 nitrogen and oxygen atoms in total. The highest BCUT2D eigenvalue weighted by Gasteiger charge is 2.31. The molecule has 0 aromatic heterocycles. The number of carboxylic acids is 1. The van der Waals surface area contributed by atoms with E-state index in [4.69, 9.17) is 22.9 Å². The minimum atomic E-state index is -1.34. The highest BCUT2D eigenvalue weighted by molar-refractivity contribution is 5.94. The maximum atomic E-state index is 13.0. The standard InChI is InChI=1S/C22H41N7O7/c1-3-12(2)18(26)21(34)28-14(8-10-17(25)31)19(32)27-13(7-9-16(24)30)20(33)29-15(22(35)36)6-4-5-11-23/h12-15,18H,3-11,23,26H2,1-2H3,(H2,24,30)(H2,25,31)(H,27,32)(H,28,34)(H,29,33)(H,35,36). The zero-order chi connectivity index (χ0) is 27.8. The first-order valence-electron chi connectivity index (χ1n) is 12.0. The van der Waals surface area contributed by atoms with Gasteiger partial charge in [-0.1, -0.05) is 20.3 Å². The van der Waals surface area contributed by atoms with Gasteiger partial charge >= 0.3 is 5.97 Å². The third kappa shape index (κ3) is 13.0. The van der Waals surface area contributed by atoms with E-state index in [0.29, 0.717) is 25.8 Å². The van der Waals surface area contributed by atoms with Crippen molar-refractivity contribution < 1.29 is 33.9 Å². The van der Waals surface area contributed by atoms with E-state index < -0.39 is 59.7 Å². The molecule has 0 aromatic carbocycles. The van der Waals surface area contributed by atoms with E-state index in [1.807, 2.05) is 6.92 Å². The highest BCUT2D eigenvalue weighted by Crippen LogP contribution is 2.08. The fourth-order valence-electron chi connectivity index (χ4n) is 3.19. The Morgan fingerprint density at radius 3 is 1.58 bits per heavy atom. The van der Waals surface area contributed by atoms with Crippen molar-refractivity contribution in [2.45, 2.75) is 89.4 Å². The summed E-state index contributed by atoms with van der Waals surface area (Å²) in [6.45, 7) is 3.97. The van der Waals surface area contributed by atoms with Crippen LogP contribution in [-0.4, -0.2) is 71.3 Å². The number of aliphatic carboxylic acids is 1. The van der Waals surface area contributed by atoms with Gasteiger partial charge in [0.15, 0.2) is 0 Å². The Labute approximate surface area is 210 Å². The van der Waals surface area contributed by atoms with E-state index in [9.17, 15) is 33.9 Å². The lowest BCUT2D eigenvalue weighted by Gasteiger charge is -2.26. The van der Waals surface area contributed by atoms with Crippen molar-refractivity contribution in [1.29, 1.82) is 0 Å². The van der Waals surface area contributed by atoms with Gasteiger partial charge in [-0.25, -0.2) is 4.79 Å². The first-order valence-corrected chi connectivity index (χ1v) is 12.0. The average molecular weight is 516 g/mol. The maximum Gasteiger partial charge on any atom is 0.326 e. The Balaban J connectivity index is 5.63. The molecule has 36 heavy (non-hydrogen) atoms. The zero-order valence-electron chi connectivity index (χ0n) is 21.0. The molecule has 14 heteroatoms. The summed E-state index contributed by atoms with van der Waals surface area (Å²) in [4.78, 5) is 72.5. The molecular weight excluding hydrogens is 474 g/mol. The van der Waals surface area contributed by atoms with Crippen molar-refractivity contribution in [3.05, 3.63) is 0 Å². The Morgan fingerprint density at radius 1 is 0.750 bits per heavy atom. The molecule has 0 aliphatic heterocycles. The Bertz CT molecular complexity index is 778. The minimum absolute atomic E-state index is 0.111. The number of carboxylic acid groups (broad SMARTS) is 1. The number of hydrogen-bond acceptors (Lipinski definition) is 8. The summed E-state index contributed by atoms with van der Waals surface area (Å²) >= 11 is 0. The number of carbonyl (C=O) groups excluding carboxylic acids is 5. The number of nitrogens with one attached hydrogen (secondary N) is 3. The van der Waals surface area contributed by atoms with E-state index in [1.54, 1.807) is 6.92 Å². The Morgan fingerprint density at radius 2 is 1.19 bits per heavy atom. The van der Waals surface area contributed by atoms with E-state index in [-0.39, 0.29) is 38.0 Å². The van der Waals surface area contributed by atoms with E-state index in [2.05, 4.69) is 16.0 Å². The van der Waals surface area contributed by atoms with Gasteiger partial charge in [0.25, 0.3) is 0 Å². The smallest absolute Gasteiger partial charge is 0.326 e. The number of nitrogens with two attached hydrogens (primary N) is 4. The molecule has 0 spiro atoms. The lowest BCUT2D eigenvalue weighted by Crippen LogP contribution is -2.57. The second-order valence-electron chi connectivity index (χ2n) is 8.73. The molecule has 5 unspecified atom stereocenters. The predicted octanol–water partition coefficient (Wildman–Crippen LogP) is -2.44. The fraction of sp³-hybridized carbons (Fsp3) is 0.727. The fourth-order valence-corrected chi connectivity index (χ4v) is 3.19. The molecule has 12 N–H and O–H groups in total. The number of amides is 5. The normalized spacial score (nSPS) is 15.0. The largest absolute Gasteiger partial charge is 0.480 e. The first-order chi connectivity index (χ1) is 16.8. The van der Waals surface area contributed by atoms with Crippen LogP contribution in [-0.2, 0) is 28.8 Å². The summed E-state index contributed by atoms with van der Waals surface area (Å²) in [5.41, 5.74) is 21.7. The molecule has 0 radical (unpaired) electrons. The van der Waals surface area contributed by atoms with Crippen LogP contribution in [0.2, 0.25) is 0 Å². The molecule has 0 rings (SSSR count). The SMILES string of the molecule is CCC(C)C(N)C(=O)NC(CCC(N)=O)C(=O)NC(CCC(N)=O)C(=O)NC(CCCCN)C(=O)O. The lowest BCUT2D eigenvalue weighted by molar-refractivity contribution is -0.142. The summed E-state index contributed by atoms with van der Waals surface area (Å²) in [7, 11) is 0. The number of rotatable bonds is 19. The molecule has 0 aromatic rings. The summed E-state index contributed by atoms with van der Waals surface area (Å²) in [6, 6.07) is -4.75. The molecule has 5 atom stereocenters. The molecule has 0 bridgehead atoms. The molecule has 206 valence electrons. The third-order valence-electron chi connectivity index (χ3n) is 5.75. The van der Waals surface area contributed by atoms with Gasteiger partial charge in [0, 0.05) is 12.8 Å². The Kier molecular flexibility index (Phi) is 15.7. The van der Waals surface area contributed by atoms with Gasteiger partial charge in [0.05, 0.1) is 6.04 Å². The maximum absolute atomic E-state index is 13.0. The van der Waals surface area contributed by atoms with Crippen molar-refractivity contribution in [1.82, 2.24) is 16.0 Å². The molecule has 0 aliphatic rings. The van der Waals surface area contributed by atoms with Gasteiger partial charge < -0.3 is 44.0 Å². The molecule has 0 heterocycles. The van der Waals surface area contributed by atoms with Crippen LogP contribution in [0.4, 0.5) is 0 Å². The van der Waals surface area contributed by atoms with Crippen molar-refractivity contribution in [3.63, 3.8) is 0 Å². The quantitative estimate of drug-likeness (QED) is 0.0848. The number of hydrogen-bond donors (Lipinski definition) is 8. The zero-order valence-corrected chi connectivity index (χ0v) is 21.0. The van der Waals surface area contributed by atoms with Gasteiger partial charge in [-0.15, -0.1) is 0 Å². The lowest BCUT2D eigenvalue weighted by atomic mass is 9.98. The second-order valence-corrected chi connectivity index (χ2v) is 8.73. The number of carbonyl (C=O) groups is 6. The number of primary amides is 2. The second kappa shape index (κ2) is 17.2. The monoisotopic (exact) mass is 515 g/mol. The van der Waals surface area contributed by atoms with E-state index in [0.717, 1.165) is 0 Å². The average Bonchev–Trinajstić information content (AvgIpc) is 2.81. The van der Waals surface area contributed by atoms with Gasteiger partial charge in [0.1, 0.15) is 18.1 Å². The third-order valence-corrected chi connectivity index (χ3v) is 5.75. The molecule has 5 amide bonds. The van der Waals surface area contributed by atoms with Crippen molar-refractivity contribution in [3.8, 4) is 0 Å². The van der Waals surface area contributed by atoms with Crippen molar-refractivity contribution in [2.75, 3.05) is 6.54 Å². The summed E-state index contributed by atoms with van der Waals surface area (Å²) in [5.74, 6) is -5.22. The van der Waals surface area contributed by atoms with Crippen molar-refractivity contribution in [2.24, 2.45) is 28.9 Å². The summed E-state index contributed by atoms with van der Waals surface area (Å²) in [5, 5.41) is 16.7. The molecule has 0 saturated carbocycles. The molecule has 0 fully saturated rings. The van der Waals surface area contributed by atoms with Crippen LogP contribution in [0, 0.1) is 5.92 Å². The Hall–Kier alpha value is -3.26. The van der Waals surface area contributed by atoms with Crippen molar-refractivity contribution >= 4 is 35.5 Å². The first kappa shape index (κ1) is 32.7. The van der Waals surface area contributed by atoms with Crippen LogP contribution < -0.4 is 38.9 Å². The molecule has 0 saturated heterocycles. The van der Waals surface area contributed by atoms with E-state index >= 15 is 0 Å². The summed E-state index contributed by atoms with van der Waals surface area (Å²) in [6.07, 6.45) is 0.826. The van der Waals surface area contributed by atoms with Gasteiger partial charge in [0.2, 0.25) is 29.5 Å². The van der Waals surface area contributed by atoms with Gasteiger partial charge in [-0.05, 0) is 44.6 Å². The highest BCUT2D eigenvalue weighted by atomic mass is 16.4. The topological polar surface area (TPSA) is 263 Å². The molecule has 0 aliphatic carbocycles. The number of unbranched alkanes of at least 4 members (excludes halogenated alkanes) is 1. The molecular formula is C22H41N7O7. The van der Waals surface area contributed by atoms with Crippen LogP contribution in [0.25, 0.3) is 0 Å². The van der Waals surface area contributed by atoms with Gasteiger partial charge in [-0.3, -0.25) is 24.0 Å². The van der Waals surface area contributed by atoms with Crippen LogP contribution in [0.15, 0.2) is 0 Å². The van der Waals surface area contributed by atoms with Gasteiger partial charge in [-0.2, -0.15) is 0 Å². The minimum Gasteiger partial charge on any atom is -0.480 e. The van der Waals surface area contributed by atoms with Crippen LogP contribution in [0.1, 0.15) is 65.2 Å². The van der Waals surface area contributed by atoms with Crippen LogP contribution >= 0.6 is 0 Å². The van der Waals surface area contributed by atoms with E-state index in [1.165, 1.54) is 0 Å².